The van der Waals surface area contributed by atoms with Crippen molar-refractivity contribution in [1.29, 1.82) is 0 Å². The molecule has 2 heterocycles. The molecule has 0 atom stereocenters. The third-order valence-electron chi connectivity index (χ3n) is 6.81. The largest absolute Gasteiger partial charge is 0.507 e. The normalized spacial score (nSPS) is 16.5. The van der Waals surface area contributed by atoms with E-state index in [1.54, 1.807) is 37.5 Å². The Morgan fingerprint density at radius 2 is 1.62 bits per heavy atom. The first-order valence-corrected chi connectivity index (χ1v) is 12.1. The predicted molar refractivity (Wildman–Crippen MR) is 141 cm³/mol. The van der Waals surface area contributed by atoms with Gasteiger partial charge in [-0.15, -0.1) is 0 Å². The highest BCUT2D eigenvalue weighted by molar-refractivity contribution is 6.15. The number of methoxy groups -OCH3 is 3. The number of hydrogen-bond acceptors (Lipinski definition) is 8. The van der Waals surface area contributed by atoms with Crippen molar-refractivity contribution in [3.05, 3.63) is 77.0 Å². The number of allylic oxidation sites excluding steroid dienone is 1. The van der Waals surface area contributed by atoms with Crippen LogP contribution in [0.15, 0.2) is 60.4 Å². The van der Waals surface area contributed by atoms with E-state index in [0.29, 0.717) is 46.2 Å². The quantitative estimate of drug-likeness (QED) is 0.478. The monoisotopic (exact) mass is 502 g/mol. The van der Waals surface area contributed by atoms with Crippen LogP contribution < -0.4 is 23.8 Å². The number of ketones is 1. The topological polar surface area (TPSA) is 80.7 Å². The first kappa shape index (κ1) is 24.5. The lowest BCUT2D eigenvalue weighted by atomic mass is 10.0. The number of para-hydroxylation sites is 1. The summed E-state index contributed by atoms with van der Waals surface area (Å²) in [5.74, 6) is 1.80. The van der Waals surface area contributed by atoms with Crippen molar-refractivity contribution >= 4 is 17.5 Å². The van der Waals surface area contributed by atoms with Crippen LogP contribution in [0.25, 0.3) is 6.08 Å². The number of aromatic hydroxyl groups is 1. The molecule has 5 rings (SSSR count). The Morgan fingerprint density at radius 1 is 0.892 bits per heavy atom. The summed E-state index contributed by atoms with van der Waals surface area (Å²) in [6.07, 6.45) is 1.63. The molecule has 3 aromatic rings. The summed E-state index contributed by atoms with van der Waals surface area (Å²) in [7, 11) is 4.60. The van der Waals surface area contributed by atoms with Crippen molar-refractivity contribution in [2.45, 2.75) is 6.54 Å². The predicted octanol–water partition coefficient (Wildman–Crippen LogP) is 4.36. The van der Waals surface area contributed by atoms with Crippen molar-refractivity contribution in [1.82, 2.24) is 4.90 Å². The summed E-state index contributed by atoms with van der Waals surface area (Å²) in [4.78, 5) is 17.9. The number of phenols is 1. The second-order valence-corrected chi connectivity index (χ2v) is 8.90. The number of rotatable bonds is 7. The van der Waals surface area contributed by atoms with E-state index in [2.05, 4.69) is 21.9 Å². The number of carbonyl (C=O) groups is 1. The van der Waals surface area contributed by atoms with E-state index >= 15 is 0 Å². The van der Waals surface area contributed by atoms with E-state index in [1.165, 1.54) is 19.9 Å². The smallest absolute Gasteiger partial charge is 0.231 e. The van der Waals surface area contributed by atoms with Gasteiger partial charge in [0.1, 0.15) is 11.5 Å². The minimum atomic E-state index is -0.248. The summed E-state index contributed by atoms with van der Waals surface area (Å²) < 4.78 is 22.4. The van der Waals surface area contributed by atoms with Gasteiger partial charge in [-0.05, 0) is 42.5 Å². The lowest BCUT2D eigenvalue weighted by Crippen LogP contribution is -2.46. The van der Waals surface area contributed by atoms with Gasteiger partial charge in [0.25, 0.3) is 0 Å². The Hall–Kier alpha value is -4.17. The molecule has 0 aromatic heterocycles. The lowest BCUT2D eigenvalue weighted by molar-refractivity contribution is 0.101. The molecule has 8 heteroatoms. The average molecular weight is 503 g/mol. The maximum atomic E-state index is 13.2. The fourth-order valence-electron chi connectivity index (χ4n) is 4.86. The summed E-state index contributed by atoms with van der Waals surface area (Å²) in [5, 5.41) is 10.7. The second kappa shape index (κ2) is 10.4. The van der Waals surface area contributed by atoms with Crippen molar-refractivity contribution < 1.29 is 28.8 Å². The molecule has 1 saturated heterocycles. The highest BCUT2D eigenvalue weighted by atomic mass is 16.5. The number of piperazine rings is 1. The molecule has 37 heavy (non-hydrogen) atoms. The Morgan fingerprint density at radius 3 is 2.30 bits per heavy atom. The van der Waals surface area contributed by atoms with Gasteiger partial charge in [0.05, 0.1) is 32.5 Å². The van der Waals surface area contributed by atoms with Crippen molar-refractivity contribution in [3.8, 4) is 28.7 Å². The zero-order valence-corrected chi connectivity index (χ0v) is 21.2. The second-order valence-electron chi connectivity index (χ2n) is 8.90. The number of nitrogens with zero attached hydrogens (tertiary/aromatic N) is 2. The highest BCUT2D eigenvalue weighted by Crippen LogP contribution is 2.43. The van der Waals surface area contributed by atoms with Crippen LogP contribution in [0.1, 0.15) is 21.5 Å². The molecule has 0 aliphatic carbocycles. The molecule has 0 unspecified atom stereocenters. The number of fused-ring (bicyclic) bond motifs is 1. The Kier molecular flexibility index (Phi) is 6.92. The Balaban J connectivity index is 1.38. The molecule has 3 aromatic carbocycles. The summed E-state index contributed by atoms with van der Waals surface area (Å²) in [6.45, 7) is 3.90. The van der Waals surface area contributed by atoms with Gasteiger partial charge in [-0.2, -0.15) is 0 Å². The molecule has 192 valence electrons. The first-order valence-electron chi connectivity index (χ1n) is 12.1. The van der Waals surface area contributed by atoms with E-state index in [9.17, 15) is 9.90 Å². The van der Waals surface area contributed by atoms with Crippen LogP contribution in [0, 0.1) is 0 Å². The zero-order chi connectivity index (χ0) is 25.9. The molecule has 1 fully saturated rings. The fraction of sp³-hybridized carbons (Fsp3) is 0.276. The molecular weight excluding hydrogens is 472 g/mol. The van der Waals surface area contributed by atoms with E-state index in [4.69, 9.17) is 18.9 Å². The van der Waals surface area contributed by atoms with Gasteiger partial charge in [0.15, 0.2) is 17.3 Å². The summed E-state index contributed by atoms with van der Waals surface area (Å²) in [6, 6.07) is 17.0. The summed E-state index contributed by atoms with van der Waals surface area (Å²) in [5.41, 5.74) is 2.86. The number of anilines is 1. The third-order valence-corrected chi connectivity index (χ3v) is 6.81. The van der Waals surface area contributed by atoms with E-state index in [0.717, 1.165) is 26.2 Å². The first-order chi connectivity index (χ1) is 18.0. The average Bonchev–Trinajstić information content (AvgIpc) is 3.25. The molecule has 0 bridgehead atoms. The number of ether oxygens (including phenoxy) is 4. The van der Waals surface area contributed by atoms with Crippen molar-refractivity contribution in [3.63, 3.8) is 0 Å². The van der Waals surface area contributed by atoms with Gasteiger partial charge in [0, 0.05) is 44.0 Å². The number of benzene rings is 3. The minimum absolute atomic E-state index is 0.113. The standard InChI is InChI=1S/C29H30N2O6/c1-34-24-12-9-19(27(35-2)29(24)36-3)17-25-26(33)21-10-11-23(32)22(28(21)37-25)18-30-13-15-31(16-14-30)20-7-5-4-6-8-20/h4-12,17,32H,13-16,18H2,1-3H3/b25-17-. The van der Waals surface area contributed by atoms with Crippen LogP contribution in [-0.4, -0.2) is 63.3 Å². The molecule has 0 saturated carbocycles. The van der Waals surface area contributed by atoms with Crippen LogP contribution >= 0.6 is 0 Å². The van der Waals surface area contributed by atoms with Crippen LogP contribution in [-0.2, 0) is 6.54 Å². The molecule has 1 N–H and O–H groups in total. The fourth-order valence-corrected chi connectivity index (χ4v) is 4.86. The van der Waals surface area contributed by atoms with Crippen LogP contribution in [0.4, 0.5) is 5.69 Å². The Labute approximate surface area is 216 Å². The van der Waals surface area contributed by atoms with Crippen LogP contribution in [0.5, 0.6) is 28.7 Å². The molecule has 0 amide bonds. The SMILES string of the molecule is COc1ccc(/C=C2\Oc3c(ccc(O)c3CN3CCN(c4ccccc4)CC3)C2=O)c(OC)c1OC. The maximum Gasteiger partial charge on any atom is 0.231 e. The highest BCUT2D eigenvalue weighted by Gasteiger charge is 2.32. The Bertz CT molecular complexity index is 1330. The minimum Gasteiger partial charge on any atom is -0.507 e. The summed E-state index contributed by atoms with van der Waals surface area (Å²) >= 11 is 0. The number of phenolic OH excluding ortho intramolecular Hbond substituents is 1. The molecule has 2 aliphatic heterocycles. The van der Waals surface area contributed by atoms with Gasteiger partial charge in [-0.3, -0.25) is 9.69 Å². The third kappa shape index (κ3) is 4.68. The molecule has 0 spiro atoms. The van der Waals surface area contributed by atoms with Gasteiger partial charge in [-0.1, -0.05) is 18.2 Å². The van der Waals surface area contributed by atoms with Crippen LogP contribution in [0.2, 0.25) is 0 Å². The van der Waals surface area contributed by atoms with Gasteiger partial charge in [-0.25, -0.2) is 0 Å². The van der Waals surface area contributed by atoms with Gasteiger partial charge >= 0.3 is 0 Å². The van der Waals surface area contributed by atoms with Crippen molar-refractivity contribution in [2.24, 2.45) is 0 Å². The van der Waals surface area contributed by atoms with E-state index in [1.807, 2.05) is 18.2 Å². The van der Waals surface area contributed by atoms with Crippen LogP contribution in [0.3, 0.4) is 0 Å². The number of carbonyl (C=O) groups excluding carboxylic acids is 1. The van der Waals surface area contributed by atoms with Crippen molar-refractivity contribution in [2.75, 3.05) is 52.4 Å². The van der Waals surface area contributed by atoms with E-state index < -0.39 is 0 Å². The molecule has 2 aliphatic rings. The van der Waals surface area contributed by atoms with Gasteiger partial charge < -0.3 is 29.0 Å². The van der Waals surface area contributed by atoms with E-state index in [-0.39, 0.29) is 17.3 Å². The molecule has 8 nitrogen and oxygen atoms in total. The maximum absolute atomic E-state index is 13.2. The number of Topliss-reactive ketones (excluding diaryl/α,β-unsaturated/α-hetero) is 1. The molecule has 0 radical (unpaired) electrons. The number of hydrogen-bond donors (Lipinski definition) is 1. The zero-order valence-electron chi connectivity index (χ0n) is 21.2. The molecular formula is C29H30N2O6. The lowest BCUT2D eigenvalue weighted by Gasteiger charge is -2.36. The van der Waals surface area contributed by atoms with Gasteiger partial charge in [0.2, 0.25) is 11.5 Å².